The fourth-order valence-corrected chi connectivity index (χ4v) is 3.51. The van der Waals surface area contributed by atoms with Crippen molar-refractivity contribution in [3.63, 3.8) is 0 Å². The lowest BCUT2D eigenvalue weighted by molar-refractivity contribution is 0.0936. The van der Waals surface area contributed by atoms with Gasteiger partial charge in [-0.15, -0.1) is 0 Å². The Balaban J connectivity index is 1.76. The van der Waals surface area contributed by atoms with Gasteiger partial charge in [0.1, 0.15) is 0 Å². The third kappa shape index (κ3) is 5.20. The van der Waals surface area contributed by atoms with Gasteiger partial charge in [-0.3, -0.25) is 14.6 Å². The van der Waals surface area contributed by atoms with Crippen LogP contribution in [0.3, 0.4) is 0 Å². The first-order valence-electron chi connectivity index (χ1n) is 8.88. The highest BCUT2D eigenvalue weighted by molar-refractivity contribution is 7.08. The standard InChI is InChI=1S/C21H20ClN3O3S/c1-13-16(4-6-18(24-13)15-7-10-29-12-15)21(27)25-19-11-14(3-5-17(19)22)20(26)23-8-9-28-2/h3-7,10-12H,8-9H2,1-2H3,(H,23,26)(H,25,27). The van der Waals surface area contributed by atoms with Crippen LogP contribution in [0.5, 0.6) is 0 Å². The van der Waals surface area contributed by atoms with Gasteiger partial charge in [-0.25, -0.2) is 0 Å². The van der Waals surface area contributed by atoms with Crippen molar-refractivity contribution in [2.75, 3.05) is 25.6 Å². The summed E-state index contributed by atoms with van der Waals surface area (Å²) in [5.41, 5.74) is 3.62. The SMILES string of the molecule is COCCNC(=O)c1ccc(Cl)c(NC(=O)c2ccc(-c3ccsc3)nc2C)c1. The van der Waals surface area contributed by atoms with Crippen LogP contribution in [0.2, 0.25) is 5.02 Å². The van der Waals surface area contributed by atoms with E-state index in [0.29, 0.717) is 40.7 Å². The summed E-state index contributed by atoms with van der Waals surface area (Å²) in [5.74, 6) is -0.613. The van der Waals surface area contributed by atoms with Crippen molar-refractivity contribution < 1.29 is 14.3 Å². The molecule has 2 amide bonds. The summed E-state index contributed by atoms with van der Waals surface area (Å²) < 4.78 is 4.92. The van der Waals surface area contributed by atoms with Gasteiger partial charge in [0.05, 0.1) is 34.3 Å². The lowest BCUT2D eigenvalue weighted by Crippen LogP contribution is -2.27. The molecule has 2 N–H and O–H groups in total. The van der Waals surface area contributed by atoms with E-state index in [1.54, 1.807) is 49.6 Å². The molecule has 0 aliphatic carbocycles. The second-order valence-corrected chi connectivity index (χ2v) is 7.43. The second-order valence-electron chi connectivity index (χ2n) is 6.24. The highest BCUT2D eigenvalue weighted by Crippen LogP contribution is 2.25. The average Bonchev–Trinajstić information content (AvgIpc) is 3.24. The first kappa shape index (κ1) is 21.0. The van der Waals surface area contributed by atoms with Crippen molar-refractivity contribution in [1.29, 1.82) is 0 Å². The van der Waals surface area contributed by atoms with E-state index in [1.165, 1.54) is 0 Å². The number of aryl methyl sites for hydroxylation is 1. The molecule has 0 spiro atoms. The summed E-state index contributed by atoms with van der Waals surface area (Å²) >= 11 is 7.80. The Morgan fingerprint density at radius 2 is 2.00 bits per heavy atom. The van der Waals surface area contributed by atoms with Crippen LogP contribution < -0.4 is 10.6 Å². The van der Waals surface area contributed by atoms with Crippen LogP contribution in [-0.4, -0.2) is 37.1 Å². The number of anilines is 1. The summed E-state index contributed by atoms with van der Waals surface area (Å²) in [4.78, 5) is 29.5. The maximum Gasteiger partial charge on any atom is 0.257 e. The molecule has 1 aromatic carbocycles. The molecule has 0 radical (unpaired) electrons. The number of ether oxygens (including phenoxy) is 1. The Labute approximate surface area is 177 Å². The number of hydrogen-bond acceptors (Lipinski definition) is 5. The minimum atomic E-state index is -0.342. The quantitative estimate of drug-likeness (QED) is 0.545. The first-order chi connectivity index (χ1) is 14.0. The number of nitrogens with zero attached hydrogens (tertiary/aromatic N) is 1. The Morgan fingerprint density at radius 1 is 1.17 bits per heavy atom. The monoisotopic (exact) mass is 429 g/mol. The third-order valence-electron chi connectivity index (χ3n) is 4.22. The fraction of sp³-hybridized carbons (Fsp3) is 0.190. The zero-order valence-electron chi connectivity index (χ0n) is 16.0. The lowest BCUT2D eigenvalue weighted by atomic mass is 10.1. The van der Waals surface area contributed by atoms with E-state index in [2.05, 4.69) is 15.6 Å². The van der Waals surface area contributed by atoms with E-state index in [9.17, 15) is 9.59 Å². The predicted octanol–water partition coefficient (Wildman–Crippen LogP) is 4.40. The highest BCUT2D eigenvalue weighted by atomic mass is 35.5. The molecule has 2 heterocycles. The van der Waals surface area contributed by atoms with E-state index >= 15 is 0 Å². The van der Waals surface area contributed by atoms with Gasteiger partial charge >= 0.3 is 0 Å². The minimum absolute atomic E-state index is 0.271. The van der Waals surface area contributed by atoms with Gasteiger partial charge in [-0.05, 0) is 48.7 Å². The van der Waals surface area contributed by atoms with Crippen LogP contribution in [0.1, 0.15) is 26.4 Å². The predicted molar refractivity (Wildman–Crippen MR) is 116 cm³/mol. The smallest absolute Gasteiger partial charge is 0.257 e. The number of pyridine rings is 1. The van der Waals surface area contributed by atoms with Gasteiger partial charge < -0.3 is 15.4 Å². The molecule has 0 aliphatic heterocycles. The minimum Gasteiger partial charge on any atom is -0.383 e. The number of thiophene rings is 1. The summed E-state index contributed by atoms with van der Waals surface area (Å²) in [6.07, 6.45) is 0. The summed E-state index contributed by atoms with van der Waals surface area (Å²) in [5, 5.41) is 9.83. The van der Waals surface area contributed by atoms with E-state index < -0.39 is 0 Å². The van der Waals surface area contributed by atoms with Gasteiger partial charge in [-0.1, -0.05) is 11.6 Å². The summed E-state index contributed by atoms with van der Waals surface area (Å²) in [7, 11) is 1.56. The maximum atomic E-state index is 12.8. The number of nitrogens with one attached hydrogen (secondary N) is 2. The number of hydrogen-bond donors (Lipinski definition) is 2. The second kappa shape index (κ2) is 9.65. The van der Waals surface area contributed by atoms with Crippen LogP contribution in [0.15, 0.2) is 47.2 Å². The summed E-state index contributed by atoms with van der Waals surface area (Å²) in [6, 6.07) is 10.3. The first-order valence-corrected chi connectivity index (χ1v) is 10.2. The molecule has 29 heavy (non-hydrogen) atoms. The Morgan fingerprint density at radius 3 is 2.69 bits per heavy atom. The molecule has 0 fully saturated rings. The van der Waals surface area contributed by atoms with Gasteiger partial charge in [0, 0.05) is 30.2 Å². The number of carbonyl (C=O) groups is 2. The molecule has 150 valence electrons. The van der Waals surface area contributed by atoms with Crippen LogP contribution in [-0.2, 0) is 4.74 Å². The number of methoxy groups -OCH3 is 1. The van der Waals surface area contributed by atoms with Crippen LogP contribution >= 0.6 is 22.9 Å². The third-order valence-corrected chi connectivity index (χ3v) is 5.23. The number of carbonyl (C=O) groups excluding carboxylic acids is 2. The summed E-state index contributed by atoms with van der Waals surface area (Å²) in [6.45, 7) is 2.59. The number of benzene rings is 1. The van der Waals surface area contributed by atoms with Crippen molar-refractivity contribution in [1.82, 2.24) is 10.3 Å². The number of rotatable bonds is 7. The van der Waals surface area contributed by atoms with Crippen LogP contribution in [0.4, 0.5) is 5.69 Å². The lowest BCUT2D eigenvalue weighted by Gasteiger charge is -2.11. The fourth-order valence-electron chi connectivity index (χ4n) is 2.69. The highest BCUT2D eigenvalue weighted by Gasteiger charge is 2.15. The van der Waals surface area contributed by atoms with Crippen LogP contribution in [0.25, 0.3) is 11.3 Å². The molecule has 3 rings (SSSR count). The Kier molecular flexibility index (Phi) is 6.98. The molecule has 6 nitrogen and oxygen atoms in total. The van der Waals surface area contributed by atoms with Crippen molar-refractivity contribution in [3.05, 3.63) is 69.0 Å². The molecule has 0 aliphatic rings. The molecule has 0 saturated carbocycles. The van der Waals surface area contributed by atoms with E-state index in [-0.39, 0.29) is 11.8 Å². The number of amides is 2. The number of aromatic nitrogens is 1. The molecule has 0 bridgehead atoms. The zero-order valence-corrected chi connectivity index (χ0v) is 17.6. The van der Waals surface area contributed by atoms with E-state index in [1.807, 2.05) is 22.9 Å². The van der Waals surface area contributed by atoms with Crippen molar-refractivity contribution in [3.8, 4) is 11.3 Å². The van der Waals surface area contributed by atoms with Gasteiger partial charge in [0.2, 0.25) is 0 Å². The van der Waals surface area contributed by atoms with Gasteiger partial charge in [0.25, 0.3) is 11.8 Å². The molecule has 8 heteroatoms. The van der Waals surface area contributed by atoms with Crippen LogP contribution in [0, 0.1) is 6.92 Å². The molecule has 2 aromatic heterocycles. The maximum absolute atomic E-state index is 12.8. The molecule has 0 saturated heterocycles. The normalized spacial score (nSPS) is 10.6. The van der Waals surface area contributed by atoms with Gasteiger partial charge in [0.15, 0.2) is 0 Å². The van der Waals surface area contributed by atoms with Crippen molar-refractivity contribution >= 4 is 40.4 Å². The largest absolute Gasteiger partial charge is 0.383 e. The topological polar surface area (TPSA) is 80.3 Å². The average molecular weight is 430 g/mol. The van der Waals surface area contributed by atoms with E-state index in [4.69, 9.17) is 16.3 Å². The van der Waals surface area contributed by atoms with Gasteiger partial charge in [-0.2, -0.15) is 11.3 Å². The molecule has 3 aromatic rings. The Bertz CT molecular complexity index is 1020. The molecule has 0 atom stereocenters. The number of halogens is 1. The van der Waals surface area contributed by atoms with Crippen molar-refractivity contribution in [2.45, 2.75) is 6.92 Å². The zero-order chi connectivity index (χ0) is 20.8. The molecular weight excluding hydrogens is 410 g/mol. The molecule has 0 unspecified atom stereocenters. The molecular formula is C21H20ClN3O3S. The Hall–Kier alpha value is -2.74. The van der Waals surface area contributed by atoms with E-state index in [0.717, 1.165) is 11.3 Å². The van der Waals surface area contributed by atoms with Crippen molar-refractivity contribution in [2.24, 2.45) is 0 Å².